The molecule has 0 amide bonds. The summed E-state index contributed by atoms with van der Waals surface area (Å²) in [6.07, 6.45) is 6.90. The van der Waals surface area contributed by atoms with E-state index in [9.17, 15) is 4.79 Å². The summed E-state index contributed by atoms with van der Waals surface area (Å²) in [5.74, 6) is 0.227. The lowest BCUT2D eigenvalue weighted by atomic mass is 10.2. The Kier molecular flexibility index (Phi) is 4.61. The number of hydrogen-bond donors (Lipinski definition) is 0. The standard InChI is InChI=1S/C18H17NO3/c20-18(17-5-3-13-21-17)22-16-10-7-14(8-11-16)6-9-15-4-1-2-12-19-15/h1-2,4,6-12,17H,3,5,13H2/b9-6+. The zero-order valence-corrected chi connectivity index (χ0v) is 12.1. The summed E-state index contributed by atoms with van der Waals surface area (Å²) in [5.41, 5.74) is 1.92. The van der Waals surface area contributed by atoms with Crippen molar-refractivity contribution in [2.45, 2.75) is 18.9 Å². The van der Waals surface area contributed by atoms with Crippen LogP contribution in [0.4, 0.5) is 0 Å². The third-order valence-corrected chi connectivity index (χ3v) is 3.43. The Hall–Kier alpha value is -2.46. The van der Waals surface area contributed by atoms with Crippen LogP contribution in [0.15, 0.2) is 48.7 Å². The molecule has 1 aliphatic heterocycles. The molecule has 1 unspecified atom stereocenters. The minimum atomic E-state index is -0.413. The predicted molar refractivity (Wildman–Crippen MR) is 84.2 cm³/mol. The number of hydrogen-bond acceptors (Lipinski definition) is 4. The molecule has 1 atom stereocenters. The number of rotatable bonds is 4. The zero-order valence-electron chi connectivity index (χ0n) is 12.1. The van der Waals surface area contributed by atoms with Gasteiger partial charge in [-0.1, -0.05) is 24.3 Å². The van der Waals surface area contributed by atoms with Gasteiger partial charge in [-0.3, -0.25) is 4.98 Å². The van der Waals surface area contributed by atoms with Crippen molar-refractivity contribution in [3.63, 3.8) is 0 Å². The average Bonchev–Trinajstić information content (AvgIpc) is 3.10. The van der Waals surface area contributed by atoms with Crippen molar-refractivity contribution in [1.82, 2.24) is 4.98 Å². The van der Waals surface area contributed by atoms with E-state index in [1.54, 1.807) is 18.3 Å². The minimum Gasteiger partial charge on any atom is -0.425 e. The molecule has 1 aliphatic rings. The van der Waals surface area contributed by atoms with Crippen molar-refractivity contribution in [1.29, 1.82) is 0 Å². The number of carbonyl (C=O) groups is 1. The maximum absolute atomic E-state index is 11.8. The maximum Gasteiger partial charge on any atom is 0.340 e. The van der Waals surface area contributed by atoms with E-state index in [1.165, 1.54) is 0 Å². The topological polar surface area (TPSA) is 48.4 Å². The second-order valence-electron chi connectivity index (χ2n) is 5.08. The van der Waals surface area contributed by atoms with E-state index in [0.717, 1.165) is 24.1 Å². The molecule has 2 aromatic rings. The second kappa shape index (κ2) is 7.00. The van der Waals surface area contributed by atoms with Gasteiger partial charge in [0.25, 0.3) is 0 Å². The molecule has 0 spiro atoms. The molecule has 1 saturated heterocycles. The van der Waals surface area contributed by atoms with Crippen molar-refractivity contribution in [3.8, 4) is 5.75 Å². The van der Waals surface area contributed by atoms with E-state index in [1.807, 2.05) is 42.5 Å². The van der Waals surface area contributed by atoms with E-state index >= 15 is 0 Å². The number of aromatic nitrogens is 1. The van der Waals surface area contributed by atoms with Gasteiger partial charge in [0.1, 0.15) is 5.75 Å². The predicted octanol–water partition coefficient (Wildman–Crippen LogP) is 3.34. The number of nitrogens with zero attached hydrogens (tertiary/aromatic N) is 1. The van der Waals surface area contributed by atoms with Gasteiger partial charge in [0, 0.05) is 12.8 Å². The summed E-state index contributed by atoms with van der Waals surface area (Å²) in [7, 11) is 0. The molecular weight excluding hydrogens is 278 g/mol. The van der Waals surface area contributed by atoms with Gasteiger partial charge in [-0.2, -0.15) is 0 Å². The van der Waals surface area contributed by atoms with E-state index in [0.29, 0.717) is 12.4 Å². The fraction of sp³-hybridized carbons (Fsp3) is 0.222. The van der Waals surface area contributed by atoms with Gasteiger partial charge in [0.15, 0.2) is 6.10 Å². The first-order valence-corrected chi connectivity index (χ1v) is 7.34. The molecule has 0 bridgehead atoms. The highest BCUT2D eigenvalue weighted by atomic mass is 16.6. The first-order valence-electron chi connectivity index (χ1n) is 7.34. The molecule has 3 rings (SSSR count). The van der Waals surface area contributed by atoms with Crippen molar-refractivity contribution in [3.05, 3.63) is 59.9 Å². The molecule has 1 aromatic carbocycles. The smallest absolute Gasteiger partial charge is 0.340 e. The lowest BCUT2D eigenvalue weighted by molar-refractivity contribution is -0.144. The summed E-state index contributed by atoms with van der Waals surface area (Å²) in [4.78, 5) is 16.1. The Bertz CT molecular complexity index is 644. The lowest BCUT2D eigenvalue weighted by Crippen LogP contribution is -2.24. The van der Waals surface area contributed by atoms with Crippen LogP contribution in [0.2, 0.25) is 0 Å². The molecule has 1 aromatic heterocycles. The van der Waals surface area contributed by atoms with Crippen LogP contribution in [-0.2, 0) is 9.53 Å². The summed E-state index contributed by atoms with van der Waals surface area (Å²) in [6, 6.07) is 13.1. The largest absolute Gasteiger partial charge is 0.425 e. The monoisotopic (exact) mass is 295 g/mol. The Morgan fingerprint density at radius 2 is 2.05 bits per heavy atom. The SMILES string of the molecule is O=C(Oc1ccc(/C=C/c2ccccn2)cc1)C1CCCO1. The molecule has 4 nitrogen and oxygen atoms in total. The first-order chi connectivity index (χ1) is 10.8. The molecule has 0 aliphatic carbocycles. The highest BCUT2D eigenvalue weighted by Crippen LogP contribution is 2.18. The molecule has 2 heterocycles. The molecule has 112 valence electrons. The summed E-state index contributed by atoms with van der Waals surface area (Å²) >= 11 is 0. The highest BCUT2D eigenvalue weighted by molar-refractivity contribution is 5.77. The molecule has 4 heteroatoms. The van der Waals surface area contributed by atoms with Crippen LogP contribution < -0.4 is 4.74 Å². The van der Waals surface area contributed by atoms with Gasteiger partial charge >= 0.3 is 5.97 Å². The Morgan fingerprint density at radius 3 is 2.73 bits per heavy atom. The molecule has 1 fully saturated rings. The van der Waals surface area contributed by atoms with E-state index in [4.69, 9.17) is 9.47 Å². The molecule has 22 heavy (non-hydrogen) atoms. The number of benzene rings is 1. The lowest BCUT2D eigenvalue weighted by Gasteiger charge is -2.09. The number of esters is 1. The summed E-state index contributed by atoms with van der Waals surface area (Å²) < 4.78 is 10.6. The van der Waals surface area contributed by atoms with Crippen LogP contribution in [0.25, 0.3) is 12.2 Å². The molecule has 0 saturated carbocycles. The highest BCUT2D eigenvalue weighted by Gasteiger charge is 2.25. The molecular formula is C18H17NO3. The summed E-state index contributed by atoms with van der Waals surface area (Å²) in [6.45, 7) is 0.636. The van der Waals surface area contributed by atoms with E-state index < -0.39 is 6.10 Å². The van der Waals surface area contributed by atoms with Crippen LogP contribution in [0.3, 0.4) is 0 Å². The number of carbonyl (C=O) groups excluding carboxylic acids is 1. The molecule has 0 N–H and O–H groups in total. The Morgan fingerprint density at radius 1 is 1.18 bits per heavy atom. The fourth-order valence-electron chi connectivity index (χ4n) is 2.25. The minimum absolute atomic E-state index is 0.311. The zero-order chi connectivity index (χ0) is 15.2. The number of pyridine rings is 1. The van der Waals surface area contributed by atoms with Crippen LogP contribution in [-0.4, -0.2) is 23.7 Å². The Balaban J connectivity index is 1.60. The average molecular weight is 295 g/mol. The normalized spacial score (nSPS) is 17.7. The van der Waals surface area contributed by atoms with Gasteiger partial charge in [-0.05, 0) is 48.7 Å². The van der Waals surface area contributed by atoms with Crippen molar-refractivity contribution < 1.29 is 14.3 Å². The third kappa shape index (κ3) is 3.80. The quantitative estimate of drug-likeness (QED) is 0.641. The van der Waals surface area contributed by atoms with E-state index in [2.05, 4.69) is 4.98 Å². The van der Waals surface area contributed by atoms with Crippen molar-refractivity contribution in [2.75, 3.05) is 6.61 Å². The first kappa shape index (κ1) is 14.5. The number of ether oxygens (including phenoxy) is 2. The van der Waals surface area contributed by atoms with Gasteiger partial charge in [0.2, 0.25) is 0 Å². The van der Waals surface area contributed by atoms with Crippen LogP contribution in [0.5, 0.6) is 5.75 Å². The van der Waals surface area contributed by atoms with Crippen molar-refractivity contribution in [2.24, 2.45) is 0 Å². The fourth-order valence-corrected chi connectivity index (χ4v) is 2.25. The second-order valence-corrected chi connectivity index (χ2v) is 5.08. The van der Waals surface area contributed by atoms with Gasteiger partial charge in [0.05, 0.1) is 5.69 Å². The molecule has 0 radical (unpaired) electrons. The van der Waals surface area contributed by atoms with Crippen molar-refractivity contribution >= 4 is 18.1 Å². The van der Waals surface area contributed by atoms with Crippen LogP contribution >= 0.6 is 0 Å². The third-order valence-electron chi connectivity index (χ3n) is 3.43. The van der Waals surface area contributed by atoms with E-state index in [-0.39, 0.29) is 5.97 Å². The van der Waals surface area contributed by atoms with Gasteiger partial charge in [-0.25, -0.2) is 4.79 Å². The van der Waals surface area contributed by atoms with Crippen LogP contribution in [0, 0.1) is 0 Å². The summed E-state index contributed by atoms with van der Waals surface area (Å²) in [5, 5.41) is 0. The van der Waals surface area contributed by atoms with Gasteiger partial charge in [-0.15, -0.1) is 0 Å². The van der Waals surface area contributed by atoms with Gasteiger partial charge < -0.3 is 9.47 Å². The van der Waals surface area contributed by atoms with Crippen LogP contribution in [0.1, 0.15) is 24.1 Å². The Labute approximate surface area is 129 Å². The maximum atomic E-state index is 11.8.